The van der Waals surface area contributed by atoms with Crippen LogP contribution in [0.1, 0.15) is 40.0 Å². The molecule has 1 atom stereocenters. The molecule has 4 nitrogen and oxygen atoms in total. The fourth-order valence-electron chi connectivity index (χ4n) is 2.13. The van der Waals surface area contributed by atoms with Crippen LogP contribution in [-0.2, 0) is 4.74 Å². The van der Waals surface area contributed by atoms with E-state index in [1.165, 1.54) is 0 Å². The van der Waals surface area contributed by atoms with Crippen LogP contribution in [0.3, 0.4) is 0 Å². The Bertz CT molecular complexity index is 315. The summed E-state index contributed by atoms with van der Waals surface area (Å²) >= 11 is 0. The standard InChI is InChI=1S/C14H24N2O2/c1-5-9-15-10-8-12-7-6-11-16(12)13(17)18-14(2,3)4/h1,12,15H,6-11H2,2-4H3. The normalized spacial score (nSPS) is 19.7. The third kappa shape index (κ3) is 4.97. The zero-order valence-corrected chi connectivity index (χ0v) is 11.7. The van der Waals surface area contributed by atoms with E-state index in [0.717, 1.165) is 32.4 Å². The van der Waals surface area contributed by atoms with E-state index >= 15 is 0 Å². The summed E-state index contributed by atoms with van der Waals surface area (Å²) in [6, 6.07) is 0.283. The van der Waals surface area contributed by atoms with Gasteiger partial charge in [0, 0.05) is 12.6 Å². The first-order valence-electron chi connectivity index (χ1n) is 6.58. The van der Waals surface area contributed by atoms with Gasteiger partial charge in [-0.05, 0) is 46.6 Å². The van der Waals surface area contributed by atoms with Crippen LogP contribution in [0.15, 0.2) is 0 Å². The van der Waals surface area contributed by atoms with Crippen molar-refractivity contribution in [3.05, 3.63) is 0 Å². The molecule has 1 fully saturated rings. The van der Waals surface area contributed by atoms with E-state index in [0.29, 0.717) is 6.54 Å². The predicted molar refractivity (Wildman–Crippen MR) is 72.3 cm³/mol. The molecule has 1 saturated heterocycles. The molecular weight excluding hydrogens is 228 g/mol. The molecule has 0 aromatic carbocycles. The van der Waals surface area contributed by atoms with Gasteiger partial charge in [-0.15, -0.1) is 6.42 Å². The van der Waals surface area contributed by atoms with Crippen molar-refractivity contribution >= 4 is 6.09 Å². The van der Waals surface area contributed by atoms with Crippen LogP contribution >= 0.6 is 0 Å². The second-order valence-corrected chi connectivity index (χ2v) is 5.64. The molecule has 0 aliphatic carbocycles. The molecular formula is C14H24N2O2. The van der Waals surface area contributed by atoms with E-state index in [-0.39, 0.29) is 12.1 Å². The van der Waals surface area contributed by atoms with Crippen molar-refractivity contribution in [2.45, 2.75) is 51.7 Å². The molecule has 0 radical (unpaired) electrons. The van der Waals surface area contributed by atoms with E-state index in [1.807, 2.05) is 25.7 Å². The summed E-state index contributed by atoms with van der Waals surface area (Å²) in [5.74, 6) is 2.54. The van der Waals surface area contributed by atoms with Crippen molar-refractivity contribution in [3.8, 4) is 12.3 Å². The molecule has 1 N–H and O–H groups in total. The van der Waals surface area contributed by atoms with Gasteiger partial charge in [-0.3, -0.25) is 0 Å². The monoisotopic (exact) mass is 252 g/mol. The predicted octanol–water partition coefficient (Wildman–Crippen LogP) is 2.00. The number of carbonyl (C=O) groups excluding carboxylic acids is 1. The fraction of sp³-hybridized carbons (Fsp3) is 0.786. The van der Waals surface area contributed by atoms with Crippen LogP contribution in [0, 0.1) is 12.3 Å². The molecule has 0 bridgehead atoms. The molecule has 1 amide bonds. The summed E-state index contributed by atoms with van der Waals surface area (Å²) in [7, 11) is 0. The Morgan fingerprint density at radius 2 is 2.28 bits per heavy atom. The average molecular weight is 252 g/mol. The molecule has 18 heavy (non-hydrogen) atoms. The minimum atomic E-state index is -0.425. The van der Waals surface area contributed by atoms with Crippen LogP contribution in [0.4, 0.5) is 4.79 Å². The summed E-state index contributed by atoms with van der Waals surface area (Å²) < 4.78 is 5.41. The van der Waals surface area contributed by atoms with Crippen LogP contribution in [0.25, 0.3) is 0 Å². The molecule has 0 saturated carbocycles. The number of nitrogens with one attached hydrogen (secondary N) is 1. The molecule has 1 aliphatic rings. The van der Waals surface area contributed by atoms with Gasteiger partial charge in [-0.1, -0.05) is 5.92 Å². The molecule has 0 aromatic heterocycles. The Morgan fingerprint density at radius 1 is 1.56 bits per heavy atom. The van der Waals surface area contributed by atoms with E-state index in [1.54, 1.807) is 0 Å². The SMILES string of the molecule is C#CCNCCC1CCCN1C(=O)OC(C)(C)C. The van der Waals surface area contributed by atoms with Gasteiger partial charge in [0.05, 0.1) is 6.54 Å². The third-order valence-corrected chi connectivity index (χ3v) is 2.89. The maximum absolute atomic E-state index is 12.0. The third-order valence-electron chi connectivity index (χ3n) is 2.89. The summed E-state index contributed by atoms with van der Waals surface area (Å²) in [5.41, 5.74) is -0.425. The van der Waals surface area contributed by atoms with Crippen LogP contribution in [0.5, 0.6) is 0 Å². The first-order valence-corrected chi connectivity index (χ1v) is 6.58. The minimum absolute atomic E-state index is 0.193. The van der Waals surface area contributed by atoms with Crippen molar-refractivity contribution in [2.75, 3.05) is 19.6 Å². The molecule has 4 heteroatoms. The summed E-state index contributed by atoms with van der Waals surface area (Å²) in [6.07, 6.45) is 8.02. The summed E-state index contributed by atoms with van der Waals surface area (Å²) in [4.78, 5) is 13.9. The second kappa shape index (κ2) is 6.65. The van der Waals surface area contributed by atoms with Crippen molar-refractivity contribution in [1.29, 1.82) is 0 Å². The number of likely N-dealkylation sites (tertiary alicyclic amines) is 1. The number of nitrogens with zero attached hydrogens (tertiary/aromatic N) is 1. The van der Waals surface area contributed by atoms with E-state index in [2.05, 4.69) is 11.2 Å². The lowest BCUT2D eigenvalue weighted by molar-refractivity contribution is 0.0221. The topological polar surface area (TPSA) is 41.6 Å². The van der Waals surface area contributed by atoms with Crippen molar-refractivity contribution < 1.29 is 9.53 Å². The number of terminal acetylenes is 1. The van der Waals surface area contributed by atoms with Gasteiger partial charge < -0.3 is 15.0 Å². The van der Waals surface area contributed by atoms with Gasteiger partial charge in [-0.25, -0.2) is 4.79 Å². The highest BCUT2D eigenvalue weighted by atomic mass is 16.6. The maximum Gasteiger partial charge on any atom is 0.410 e. The van der Waals surface area contributed by atoms with Crippen molar-refractivity contribution in [2.24, 2.45) is 0 Å². The first-order chi connectivity index (χ1) is 8.44. The summed E-state index contributed by atoms with van der Waals surface area (Å²) in [6.45, 7) is 7.90. The highest BCUT2D eigenvalue weighted by Crippen LogP contribution is 2.22. The van der Waals surface area contributed by atoms with Crippen LogP contribution in [0.2, 0.25) is 0 Å². The molecule has 1 aliphatic heterocycles. The van der Waals surface area contributed by atoms with E-state index < -0.39 is 5.60 Å². The van der Waals surface area contributed by atoms with Crippen LogP contribution < -0.4 is 5.32 Å². The number of carbonyl (C=O) groups is 1. The Hall–Kier alpha value is -1.21. The number of amides is 1. The number of hydrogen-bond donors (Lipinski definition) is 1. The fourth-order valence-corrected chi connectivity index (χ4v) is 2.13. The van der Waals surface area contributed by atoms with E-state index in [4.69, 9.17) is 11.2 Å². The lowest BCUT2D eigenvalue weighted by atomic mass is 10.1. The van der Waals surface area contributed by atoms with Crippen molar-refractivity contribution in [3.63, 3.8) is 0 Å². The first kappa shape index (κ1) is 14.8. The zero-order chi connectivity index (χ0) is 13.6. The maximum atomic E-state index is 12.0. The number of ether oxygens (including phenoxy) is 1. The van der Waals surface area contributed by atoms with Crippen molar-refractivity contribution in [1.82, 2.24) is 10.2 Å². The molecule has 0 spiro atoms. The number of rotatable bonds is 4. The average Bonchev–Trinajstić information content (AvgIpc) is 2.70. The van der Waals surface area contributed by atoms with Gasteiger partial charge in [0.25, 0.3) is 0 Å². The van der Waals surface area contributed by atoms with Crippen LogP contribution in [-0.4, -0.2) is 42.3 Å². The van der Waals surface area contributed by atoms with Gasteiger partial charge in [0.2, 0.25) is 0 Å². The molecule has 0 aromatic rings. The van der Waals surface area contributed by atoms with Gasteiger partial charge >= 0.3 is 6.09 Å². The quantitative estimate of drug-likeness (QED) is 0.614. The molecule has 1 heterocycles. The Morgan fingerprint density at radius 3 is 2.89 bits per heavy atom. The Kier molecular flexibility index (Phi) is 5.49. The minimum Gasteiger partial charge on any atom is -0.444 e. The molecule has 102 valence electrons. The second-order valence-electron chi connectivity index (χ2n) is 5.64. The largest absolute Gasteiger partial charge is 0.444 e. The molecule has 1 unspecified atom stereocenters. The van der Waals surface area contributed by atoms with Gasteiger partial charge in [-0.2, -0.15) is 0 Å². The lowest BCUT2D eigenvalue weighted by Crippen LogP contribution is -2.40. The highest BCUT2D eigenvalue weighted by molar-refractivity contribution is 5.68. The smallest absolute Gasteiger partial charge is 0.410 e. The molecule has 1 rings (SSSR count). The highest BCUT2D eigenvalue weighted by Gasteiger charge is 2.31. The number of hydrogen-bond acceptors (Lipinski definition) is 3. The van der Waals surface area contributed by atoms with Gasteiger partial charge in [0.15, 0.2) is 0 Å². The van der Waals surface area contributed by atoms with Gasteiger partial charge in [0.1, 0.15) is 5.60 Å². The van der Waals surface area contributed by atoms with E-state index in [9.17, 15) is 4.79 Å². The Balaban J connectivity index is 2.39. The Labute approximate surface area is 110 Å². The zero-order valence-electron chi connectivity index (χ0n) is 11.7. The summed E-state index contributed by atoms with van der Waals surface area (Å²) in [5, 5.41) is 3.15. The lowest BCUT2D eigenvalue weighted by Gasteiger charge is -2.28.